The molecule has 1 amide bonds. The summed E-state index contributed by atoms with van der Waals surface area (Å²) >= 11 is 1.71. The molecule has 0 aromatic heterocycles. The molecule has 1 heterocycles. The van der Waals surface area contributed by atoms with E-state index in [0.717, 1.165) is 28.0 Å². The number of amides is 1. The van der Waals surface area contributed by atoms with Crippen molar-refractivity contribution in [3.8, 4) is 11.1 Å². The van der Waals surface area contributed by atoms with Crippen molar-refractivity contribution < 1.29 is 23.8 Å². The van der Waals surface area contributed by atoms with E-state index in [0.29, 0.717) is 25.3 Å². The van der Waals surface area contributed by atoms with Gasteiger partial charge in [-0.25, -0.2) is 9.59 Å². The molecule has 1 unspecified atom stereocenters. The van der Waals surface area contributed by atoms with Gasteiger partial charge in [-0.3, -0.25) is 0 Å². The van der Waals surface area contributed by atoms with E-state index in [-0.39, 0.29) is 12.5 Å². The van der Waals surface area contributed by atoms with Crippen LogP contribution in [-0.2, 0) is 19.0 Å². The second-order valence-corrected chi connectivity index (χ2v) is 10.4. The monoisotopic (exact) mass is 497 g/mol. The van der Waals surface area contributed by atoms with Gasteiger partial charge in [-0.15, -0.1) is 0 Å². The van der Waals surface area contributed by atoms with Gasteiger partial charge in [0.1, 0.15) is 5.60 Å². The molecule has 1 aliphatic heterocycles. The molecule has 2 aromatic rings. The minimum atomic E-state index is -0.638. The molecule has 188 valence electrons. The van der Waals surface area contributed by atoms with E-state index in [4.69, 9.17) is 14.2 Å². The largest absolute Gasteiger partial charge is 0.466 e. The fourth-order valence-electron chi connectivity index (χ4n) is 4.12. The van der Waals surface area contributed by atoms with Crippen LogP contribution in [0, 0.1) is 5.92 Å². The van der Waals surface area contributed by atoms with Crippen molar-refractivity contribution in [3.05, 3.63) is 65.7 Å². The molecule has 35 heavy (non-hydrogen) atoms. The van der Waals surface area contributed by atoms with Crippen LogP contribution in [0.2, 0.25) is 0 Å². The molecule has 0 fully saturated rings. The molecule has 0 aliphatic carbocycles. The van der Waals surface area contributed by atoms with Gasteiger partial charge in [-0.1, -0.05) is 48.5 Å². The van der Waals surface area contributed by atoms with Crippen LogP contribution in [0.1, 0.15) is 26.3 Å². The fourth-order valence-corrected chi connectivity index (χ4v) is 4.40. The van der Waals surface area contributed by atoms with Gasteiger partial charge < -0.3 is 19.1 Å². The highest BCUT2D eigenvalue weighted by Crippen LogP contribution is 2.35. The first-order valence-electron chi connectivity index (χ1n) is 11.7. The second-order valence-electron chi connectivity index (χ2n) is 9.46. The van der Waals surface area contributed by atoms with Crippen LogP contribution >= 0.6 is 11.8 Å². The number of carbonyl (C=O) groups excluding carboxylic acids is 2. The van der Waals surface area contributed by atoms with Gasteiger partial charge in [-0.05, 0) is 55.4 Å². The summed E-state index contributed by atoms with van der Waals surface area (Å²) in [6.45, 7) is 6.97. The number of hydrogen-bond donors (Lipinski definition) is 0. The predicted molar refractivity (Wildman–Crippen MR) is 141 cm³/mol. The van der Waals surface area contributed by atoms with Crippen molar-refractivity contribution in [3.63, 3.8) is 0 Å². The van der Waals surface area contributed by atoms with Gasteiger partial charge in [0, 0.05) is 18.2 Å². The lowest BCUT2D eigenvalue weighted by Gasteiger charge is -2.36. The van der Waals surface area contributed by atoms with Gasteiger partial charge >= 0.3 is 12.1 Å². The van der Waals surface area contributed by atoms with Crippen LogP contribution in [-0.4, -0.2) is 68.0 Å². The van der Waals surface area contributed by atoms with Crippen LogP contribution in [0.25, 0.3) is 16.7 Å². The molecule has 0 saturated carbocycles. The maximum atomic E-state index is 13.0. The number of hydrogen-bond acceptors (Lipinski definition) is 6. The Labute approximate surface area is 212 Å². The molecule has 6 nitrogen and oxygen atoms in total. The van der Waals surface area contributed by atoms with Crippen LogP contribution in [0.3, 0.4) is 0 Å². The smallest absolute Gasteiger partial charge is 0.410 e. The Bertz CT molecular complexity index is 1040. The molecular weight excluding hydrogens is 462 g/mol. The molecule has 7 heteroatoms. The third-order valence-electron chi connectivity index (χ3n) is 5.64. The highest BCUT2D eigenvalue weighted by molar-refractivity contribution is 7.98. The van der Waals surface area contributed by atoms with Crippen molar-refractivity contribution in [1.82, 2.24) is 4.90 Å². The highest BCUT2D eigenvalue weighted by Gasteiger charge is 2.36. The maximum absolute atomic E-state index is 13.0. The van der Waals surface area contributed by atoms with E-state index in [9.17, 15) is 9.59 Å². The summed E-state index contributed by atoms with van der Waals surface area (Å²) in [5, 5.41) is 0. The van der Waals surface area contributed by atoms with Gasteiger partial charge in [0.2, 0.25) is 0 Å². The molecule has 0 spiro atoms. The van der Waals surface area contributed by atoms with Gasteiger partial charge in [0.25, 0.3) is 0 Å². The van der Waals surface area contributed by atoms with Crippen LogP contribution in [0.15, 0.2) is 60.2 Å². The second kappa shape index (κ2) is 12.3. The summed E-state index contributed by atoms with van der Waals surface area (Å²) < 4.78 is 16.8. The minimum Gasteiger partial charge on any atom is -0.466 e. The summed E-state index contributed by atoms with van der Waals surface area (Å²) in [6, 6.07) is 18.2. The number of rotatable bonds is 8. The molecule has 0 bridgehead atoms. The van der Waals surface area contributed by atoms with E-state index in [1.165, 1.54) is 7.11 Å². The Morgan fingerprint density at radius 1 is 1.03 bits per heavy atom. The Balaban J connectivity index is 2.05. The molecule has 0 N–H and O–H groups in total. The van der Waals surface area contributed by atoms with E-state index < -0.39 is 17.7 Å². The lowest BCUT2D eigenvalue weighted by molar-refractivity contribution is -0.136. The number of methoxy groups -OCH3 is 1. The van der Waals surface area contributed by atoms with Crippen molar-refractivity contribution in [2.45, 2.75) is 26.4 Å². The lowest BCUT2D eigenvalue weighted by Crippen LogP contribution is -2.46. The summed E-state index contributed by atoms with van der Waals surface area (Å²) in [5.41, 5.74) is 3.74. The van der Waals surface area contributed by atoms with Crippen molar-refractivity contribution in [2.24, 2.45) is 5.92 Å². The number of benzene rings is 2. The first kappa shape index (κ1) is 26.8. The average Bonchev–Trinajstić information content (AvgIpc) is 2.85. The zero-order chi connectivity index (χ0) is 25.4. The Morgan fingerprint density at radius 2 is 1.71 bits per heavy atom. The normalized spacial score (nSPS) is 16.3. The first-order chi connectivity index (χ1) is 16.7. The van der Waals surface area contributed by atoms with Crippen LogP contribution in [0.5, 0.6) is 0 Å². The fraction of sp³-hybridized carbons (Fsp3) is 0.429. The topological polar surface area (TPSA) is 65.1 Å². The van der Waals surface area contributed by atoms with Crippen molar-refractivity contribution >= 4 is 29.4 Å². The number of thioether (sulfide) groups is 1. The minimum absolute atomic E-state index is 0.119. The molecule has 1 aliphatic rings. The molecule has 0 radical (unpaired) electrons. The van der Waals surface area contributed by atoms with Crippen LogP contribution < -0.4 is 0 Å². The predicted octanol–water partition coefficient (Wildman–Crippen LogP) is 5.53. The molecule has 0 saturated heterocycles. The van der Waals surface area contributed by atoms with Gasteiger partial charge in [0.05, 0.1) is 32.4 Å². The van der Waals surface area contributed by atoms with E-state index in [2.05, 4.69) is 24.3 Å². The zero-order valence-corrected chi connectivity index (χ0v) is 22.0. The number of carbonyl (C=O) groups is 2. The number of esters is 1. The zero-order valence-electron chi connectivity index (χ0n) is 21.2. The Hall–Kier alpha value is -2.77. The molecule has 2 aromatic carbocycles. The summed E-state index contributed by atoms with van der Waals surface area (Å²) in [7, 11) is 1.36. The van der Waals surface area contributed by atoms with Crippen molar-refractivity contribution in [2.75, 3.05) is 45.4 Å². The van der Waals surface area contributed by atoms with Gasteiger partial charge in [-0.2, -0.15) is 11.8 Å². The standard InChI is InChI=1S/C28H35NO5S/c1-28(2,3)34-27(31)29-17-23(19-33-14-15-35-5)25(24(18-29)26(30)32-4)22-13-9-12-21(16-22)20-10-7-6-8-11-20/h6-13,16,23H,14-15,17-19H2,1-5H3. The Kier molecular flexibility index (Phi) is 9.40. The van der Waals surface area contributed by atoms with E-state index in [1.54, 1.807) is 16.7 Å². The first-order valence-corrected chi connectivity index (χ1v) is 13.1. The summed E-state index contributed by atoms with van der Waals surface area (Å²) in [6.07, 6.45) is 1.58. The number of nitrogens with zero attached hydrogens (tertiary/aromatic N) is 1. The third kappa shape index (κ3) is 7.36. The SMILES string of the molecule is COC(=O)C1=C(c2cccc(-c3ccccc3)c2)C(COCCSC)CN(C(=O)OC(C)(C)C)C1. The number of ether oxygens (including phenoxy) is 3. The molecule has 1 atom stereocenters. The highest BCUT2D eigenvalue weighted by atomic mass is 32.2. The molecular formula is C28H35NO5S. The summed E-state index contributed by atoms with van der Waals surface area (Å²) in [5.74, 6) is 0.209. The van der Waals surface area contributed by atoms with Crippen LogP contribution in [0.4, 0.5) is 4.79 Å². The van der Waals surface area contributed by atoms with E-state index >= 15 is 0 Å². The lowest BCUT2D eigenvalue weighted by atomic mass is 9.84. The summed E-state index contributed by atoms with van der Waals surface area (Å²) in [4.78, 5) is 27.5. The maximum Gasteiger partial charge on any atom is 0.410 e. The van der Waals surface area contributed by atoms with Crippen molar-refractivity contribution in [1.29, 1.82) is 0 Å². The quantitative estimate of drug-likeness (QED) is 0.353. The Morgan fingerprint density at radius 3 is 2.37 bits per heavy atom. The van der Waals surface area contributed by atoms with Gasteiger partial charge in [0.15, 0.2) is 0 Å². The van der Waals surface area contributed by atoms with E-state index in [1.807, 2.05) is 57.4 Å². The molecule has 3 rings (SSSR count). The average molecular weight is 498 g/mol. The third-order valence-corrected chi connectivity index (χ3v) is 6.21.